The first-order valence-corrected chi connectivity index (χ1v) is 9.89. The molecule has 0 radical (unpaired) electrons. The smallest absolute Gasteiger partial charge is 0.455 e. The molecule has 3 N–H and O–H groups in total. The molecule has 3 amide bonds. The first kappa shape index (κ1) is 24.6. The zero-order valence-corrected chi connectivity index (χ0v) is 17.5. The van der Waals surface area contributed by atoms with Crippen molar-refractivity contribution in [2.75, 3.05) is 11.9 Å². The highest BCUT2D eigenvalue weighted by Gasteiger charge is 2.61. The summed E-state index contributed by atoms with van der Waals surface area (Å²) in [5.41, 5.74) is 2.77. The molecule has 182 valence electrons. The van der Waals surface area contributed by atoms with Crippen LogP contribution in [0.25, 0.3) is 0 Å². The molecular weight excluding hydrogens is 460 g/mol. The number of nitrogens with zero attached hydrogens (tertiary/aromatic N) is 1. The van der Waals surface area contributed by atoms with Crippen LogP contribution in [0, 0.1) is 17.2 Å². The highest BCUT2D eigenvalue weighted by molar-refractivity contribution is 6.06. The topological polar surface area (TPSA) is 102 Å². The van der Waals surface area contributed by atoms with Crippen LogP contribution in [-0.2, 0) is 14.4 Å². The fourth-order valence-electron chi connectivity index (χ4n) is 3.43. The van der Waals surface area contributed by atoms with Crippen molar-refractivity contribution in [3.8, 4) is 5.75 Å². The number of rotatable bonds is 6. The number of fused-ring (bicyclic) bond motifs is 1. The molecular formula is C20H21F6N3O4. The van der Waals surface area contributed by atoms with Gasteiger partial charge in [0.2, 0.25) is 11.8 Å². The second-order valence-electron chi connectivity index (χ2n) is 8.62. The van der Waals surface area contributed by atoms with Crippen molar-refractivity contribution in [1.82, 2.24) is 4.90 Å². The summed E-state index contributed by atoms with van der Waals surface area (Å²) in [6.45, 7) is -0.356. The normalized spacial score (nSPS) is 21.4. The molecule has 1 heterocycles. The molecule has 0 spiro atoms. The average Bonchev–Trinajstić information content (AvgIpc) is 3.51. The number of nitrogens with two attached hydrogens (primary N) is 1. The molecule has 1 unspecified atom stereocenters. The van der Waals surface area contributed by atoms with E-state index in [0.717, 1.165) is 32.0 Å². The van der Waals surface area contributed by atoms with Gasteiger partial charge < -0.3 is 20.7 Å². The number of halogens is 6. The molecule has 0 aromatic heterocycles. The van der Waals surface area contributed by atoms with E-state index in [-0.39, 0.29) is 16.3 Å². The van der Waals surface area contributed by atoms with Gasteiger partial charge in [-0.3, -0.25) is 14.4 Å². The van der Waals surface area contributed by atoms with Gasteiger partial charge in [0.1, 0.15) is 29.1 Å². The monoisotopic (exact) mass is 481 g/mol. The third kappa shape index (κ3) is 4.71. The Morgan fingerprint density at radius 3 is 2.30 bits per heavy atom. The summed E-state index contributed by atoms with van der Waals surface area (Å²) in [5.74, 6) is -10.7. The van der Waals surface area contributed by atoms with Gasteiger partial charge in [-0.05, 0) is 44.7 Å². The first-order chi connectivity index (χ1) is 15.1. The van der Waals surface area contributed by atoms with E-state index >= 15 is 0 Å². The van der Waals surface area contributed by atoms with E-state index in [2.05, 4.69) is 5.32 Å². The lowest BCUT2D eigenvalue weighted by Gasteiger charge is -2.39. The summed E-state index contributed by atoms with van der Waals surface area (Å²) in [4.78, 5) is 38.0. The summed E-state index contributed by atoms with van der Waals surface area (Å²) >= 11 is 0. The van der Waals surface area contributed by atoms with Crippen LogP contribution in [0.1, 0.15) is 26.7 Å². The lowest BCUT2D eigenvalue weighted by Crippen LogP contribution is -2.63. The van der Waals surface area contributed by atoms with Gasteiger partial charge in [-0.1, -0.05) is 0 Å². The molecule has 1 aromatic carbocycles. The van der Waals surface area contributed by atoms with Crippen molar-refractivity contribution in [3.05, 3.63) is 24.0 Å². The fraction of sp³-hybridized carbons (Fsp3) is 0.550. The number of hydrogen-bond acceptors (Lipinski definition) is 4. The largest absolute Gasteiger partial charge is 0.485 e. The Morgan fingerprint density at radius 1 is 1.18 bits per heavy atom. The maximum atomic E-state index is 14.1. The van der Waals surface area contributed by atoms with Gasteiger partial charge in [0, 0.05) is 6.07 Å². The second-order valence-corrected chi connectivity index (χ2v) is 8.62. The molecule has 13 heteroatoms. The summed E-state index contributed by atoms with van der Waals surface area (Å²) in [5, 5.41) is 2.23. The lowest BCUT2D eigenvalue weighted by atomic mass is 9.88. The van der Waals surface area contributed by atoms with Crippen LogP contribution < -0.4 is 15.8 Å². The van der Waals surface area contributed by atoms with Crippen LogP contribution in [0.3, 0.4) is 0 Å². The number of anilines is 1. The minimum Gasteiger partial charge on any atom is -0.485 e. The number of carbonyl (C=O) groups is 3. The number of amides is 3. The minimum atomic E-state index is -6.05. The van der Waals surface area contributed by atoms with Gasteiger partial charge >= 0.3 is 12.1 Å². The van der Waals surface area contributed by atoms with Crippen LogP contribution in [0.15, 0.2) is 18.2 Å². The summed E-state index contributed by atoms with van der Waals surface area (Å²) in [6.07, 6.45) is -6.48. The molecule has 1 aromatic rings. The molecule has 0 saturated heterocycles. The van der Waals surface area contributed by atoms with Crippen LogP contribution in [0.4, 0.5) is 32.0 Å². The Bertz CT molecular complexity index is 977. The fourth-order valence-corrected chi connectivity index (χ4v) is 3.43. The van der Waals surface area contributed by atoms with E-state index in [9.17, 15) is 40.7 Å². The number of alkyl halides is 5. The zero-order chi connectivity index (χ0) is 24.9. The molecule has 1 saturated carbocycles. The van der Waals surface area contributed by atoms with Gasteiger partial charge in [-0.25, -0.2) is 4.39 Å². The minimum absolute atomic E-state index is 0.00118. The Morgan fingerprint density at radius 2 is 1.79 bits per heavy atom. The number of ether oxygens (including phenoxy) is 1. The van der Waals surface area contributed by atoms with Crippen LogP contribution in [-0.4, -0.2) is 53.4 Å². The van der Waals surface area contributed by atoms with Crippen molar-refractivity contribution < 1.29 is 45.5 Å². The molecule has 2 atom stereocenters. The SMILES string of the molecule is CC(C)(C(N)=O)C(=O)N(CC(F)(F)C(F)(F)F)C1C(=O)Nc2cc(F)ccc2O[C@@H]1C1CC1. The first-order valence-electron chi connectivity index (χ1n) is 9.89. The number of hydrogen-bond donors (Lipinski definition) is 2. The van der Waals surface area contributed by atoms with Crippen molar-refractivity contribution in [3.63, 3.8) is 0 Å². The Balaban J connectivity index is 2.11. The third-order valence-corrected chi connectivity index (χ3v) is 5.66. The number of carbonyl (C=O) groups excluding carboxylic acids is 3. The number of primary amides is 1. The summed E-state index contributed by atoms with van der Waals surface area (Å²) < 4.78 is 86.7. The summed E-state index contributed by atoms with van der Waals surface area (Å²) in [7, 11) is 0. The predicted octanol–water partition coefficient (Wildman–Crippen LogP) is 2.84. The van der Waals surface area contributed by atoms with Crippen LogP contribution in [0.5, 0.6) is 5.75 Å². The van der Waals surface area contributed by atoms with Crippen molar-refractivity contribution in [2.45, 2.75) is 50.9 Å². The predicted molar refractivity (Wildman–Crippen MR) is 102 cm³/mol. The zero-order valence-electron chi connectivity index (χ0n) is 17.5. The van der Waals surface area contributed by atoms with Gasteiger partial charge in [0.25, 0.3) is 5.91 Å². The van der Waals surface area contributed by atoms with Gasteiger partial charge in [-0.2, -0.15) is 22.0 Å². The van der Waals surface area contributed by atoms with Crippen LogP contribution >= 0.6 is 0 Å². The second kappa shape index (κ2) is 8.10. The summed E-state index contributed by atoms with van der Waals surface area (Å²) in [6, 6.07) is 1.06. The molecule has 7 nitrogen and oxygen atoms in total. The highest BCUT2D eigenvalue weighted by atomic mass is 19.4. The molecule has 33 heavy (non-hydrogen) atoms. The van der Waals surface area contributed by atoms with E-state index in [4.69, 9.17) is 10.5 Å². The Kier molecular flexibility index (Phi) is 6.05. The molecule has 1 fully saturated rings. The lowest BCUT2D eigenvalue weighted by molar-refractivity contribution is -0.287. The number of benzene rings is 1. The van der Waals surface area contributed by atoms with Crippen LogP contribution in [0.2, 0.25) is 0 Å². The van der Waals surface area contributed by atoms with Gasteiger partial charge in [-0.15, -0.1) is 0 Å². The Hall–Kier alpha value is -2.99. The van der Waals surface area contributed by atoms with E-state index in [1.165, 1.54) is 0 Å². The maximum absolute atomic E-state index is 14.1. The Labute approximate surface area is 184 Å². The van der Waals surface area contributed by atoms with E-state index in [0.29, 0.717) is 12.8 Å². The van der Waals surface area contributed by atoms with Gasteiger partial charge in [0.15, 0.2) is 0 Å². The quantitative estimate of drug-likeness (QED) is 0.482. The number of nitrogens with one attached hydrogen (secondary N) is 1. The van der Waals surface area contributed by atoms with E-state index < -0.39 is 65.7 Å². The molecule has 2 aliphatic rings. The highest BCUT2D eigenvalue weighted by Crippen LogP contribution is 2.43. The third-order valence-electron chi connectivity index (χ3n) is 5.66. The molecule has 0 bridgehead atoms. The molecule has 1 aliphatic carbocycles. The maximum Gasteiger partial charge on any atom is 0.455 e. The van der Waals surface area contributed by atoms with Gasteiger partial charge in [0.05, 0.1) is 12.2 Å². The standard InChI is InChI=1S/C20H21F6N3O4/c1-18(2,16(27)31)17(32)29(8-19(22,23)20(24,25)26)13-14(9-3-4-9)33-12-6-5-10(21)7-11(12)28-15(13)30/h5-7,9,13-14H,3-4,8H2,1-2H3,(H2,27,31)(H,28,30)/t13?,14-/m1/s1. The van der Waals surface area contributed by atoms with E-state index in [1.807, 2.05) is 0 Å². The van der Waals surface area contributed by atoms with Crippen molar-refractivity contribution in [1.29, 1.82) is 0 Å². The average molecular weight is 481 g/mol. The molecule has 3 rings (SSSR count). The molecule has 1 aliphatic heterocycles. The van der Waals surface area contributed by atoms with Crippen molar-refractivity contribution in [2.24, 2.45) is 17.1 Å². The van der Waals surface area contributed by atoms with E-state index in [1.54, 1.807) is 0 Å². The van der Waals surface area contributed by atoms with Crippen molar-refractivity contribution >= 4 is 23.4 Å².